The van der Waals surface area contributed by atoms with Gasteiger partial charge in [0, 0.05) is 28.2 Å². The van der Waals surface area contributed by atoms with Gasteiger partial charge in [0.2, 0.25) is 0 Å². The lowest BCUT2D eigenvalue weighted by atomic mass is 10.1. The maximum atomic E-state index is 11.8. The molecule has 0 amide bonds. The summed E-state index contributed by atoms with van der Waals surface area (Å²) >= 11 is 11.8. The Bertz CT molecular complexity index is 951. The number of aromatic nitrogens is 1. The molecule has 0 fully saturated rings. The first kappa shape index (κ1) is 18.2. The number of halogens is 2. The molecule has 2 aromatic carbocycles. The fourth-order valence-corrected chi connectivity index (χ4v) is 2.82. The maximum Gasteiger partial charge on any atom is 0.330 e. The number of hydrogen-bond donors (Lipinski definition) is 0. The molecule has 26 heavy (non-hydrogen) atoms. The maximum absolute atomic E-state index is 11.8. The van der Waals surface area contributed by atoms with Crippen LogP contribution in [0.1, 0.15) is 5.56 Å². The molecule has 1 heterocycles. The van der Waals surface area contributed by atoms with E-state index in [1.54, 1.807) is 30.5 Å². The van der Waals surface area contributed by atoms with Gasteiger partial charge in [0.05, 0.1) is 10.5 Å². The van der Waals surface area contributed by atoms with Gasteiger partial charge in [-0.3, -0.25) is 4.98 Å². The van der Waals surface area contributed by atoms with E-state index >= 15 is 0 Å². The van der Waals surface area contributed by atoms with Crippen LogP contribution in [0.5, 0.6) is 5.75 Å². The summed E-state index contributed by atoms with van der Waals surface area (Å²) in [5.74, 6) is 0.0354. The van der Waals surface area contributed by atoms with Crippen LogP contribution in [0.25, 0.3) is 17.0 Å². The van der Waals surface area contributed by atoms with Gasteiger partial charge < -0.3 is 9.47 Å². The number of nitrogens with zero attached hydrogens (tertiary/aromatic N) is 1. The number of rotatable bonds is 6. The smallest absolute Gasteiger partial charge is 0.330 e. The lowest BCUT2D eigenvalue weighted by Gasteiger charge is -2.08. The van der Waals surface area contributed by atoms with Gasteiger partial charge in [-0.25, -0.2) is 4.79 Å². The predicted octanol–water partition coefficient (Wildman–Crippen LogP) is 5.18. The standard InChI is InChI=1S/C20H15Cl2NO3/c21-16-7-8-18(17(22)13-16)25-11-12-26-19(24)9-6-15-4-1-3-14-5-2-10-23-20(14)15/h1-10,13H,11-12H2. The molecule has 0 saturated carbocycles. The molecule has 0 unspecified atom stereocenters. The second kappa shape index (κ2) is 8.70. The molecule has 0 radical (unpaired) electrons. The lowest BCUT2D eigenvalue weighted by Crippen LogP contribution is -2.10. The van der Waals surface area contributed by atoms with E-state index in [0.29, 0.717) is 15.8 Å². The predicted molar refractivity (Wildman–Crippen MR) is 104 cm³/mol. The summed E-state index contributed by atoms with van der Waals surface area (Å²) in [6.45, 7) is 0.298. The molecule has 0 atom stereocenters. The highest BCUT2D eigenvalue weighted by Crippen LogP contribution is 2.27. The Kier molecular flexibility index (Phi) is 6.10. The van der Waals surface area contributed by atoms with Crippen molar-refractivity contribution in [3.63, 3.8) is 0 Å². The first-order chi connectivity index (χ1) is 12.6. The highest BCUT2D eigenvalue weighted by molar-refractivity contribution is 6.35. The summed E-state index contributed by atoms with van der Waals surface area (Å²) in [6.07, 6.45) is 4.78. The highest BCUT2D eigenvalue weighted by atomic mass is 35.5. The fraction of sp³-hybridized carbons (Fsp3) is 0.100. The monoisotopic (exact) mass is 387 g/mol. The van der Waals surface area contributed by atoms with Crippen LogP contribution in [0.15, 0.2) is 60.8 Å². The Balaban J connectivity index is 1.51. The average Bonchev–Trinajstić information content (AvgIpc) is 2.65. The van der Waals surface area contributed by atoms with E-state index in [-0.39, 0.29) is 13.2 Å². The van der Waals surface area contributed by atoms with Crippen LogP contribution in [0.3, 0.4) is 0 Å². The van der Waals surface area contributed by atoms with Crippen LogP contribution in [-0.4, -0.2) is 24.2 Å². The molecule has 1 aromatic heterocycles. The minimum absolute atomic E-state index is 0.107. The van der Waals surface area contributed by atoms with Crippen molar-refractivity contribution in [1.29, 1.82) is 0 Å². The van der Waals surface area contributed by atoms with Crippen molar-refractivity contribution >= 4 is 46.2 Å². The Morgan fingerprint density at radius 3 is 2.77 bits per heavy atom. The average molecular weight is 388 g/mol. The molecule has 0 spiro atoms. The van der Waals surface area contributed by atoms with E-state index in [2.05, 4.69) is 4.98 Å². The molecular weight excluding hydrogens is 373 g/mol. The molecule has 0 saturated heterocycles. The van der Waals surface area contributed by atoms with Gasteiger partial charge in [-0.2, -0.15) is 0 Å². The van der Waals surface area contributed by atoms with E-state index in [0.717, 1.165) is 16.5 Å². The second-order valence-electron chi connectivity index (χ2n) is 5.35. The van der Waals surface area contributed by atoms with Gasteiger partial charge >= 0.3 is 5.97 Å². The van der Waals surface area contributed by atoms with Crippen molar-refractivity contribution in [2.45, 2.75) is 0 Å². The molecule has 0 aliphatic heterocycles. The number of para-hydroxylation sites is 1. The van der Waals surface area contributed by atoms with Crippen molar-refractivity contribution in [3.8, 4) is 5.75 Å². The SMILES string of the molecule is O=C(C=Cc1cccc2cccnc12)OCCOc1ccc(Cl)cc1Cl. The lowest BCUT2D eigenvalue weighted by molar-refractivity contribution is -0.138. The number of fused-ring (bicyclic) bond motifs is 1. The van der Waals surface area contributed by atoms with E-state index in [4.69, 9.17) is 32.7 Å². The molecule has 6 heteroatoms. The fourth-order valence-electron chi connectivity index (χ4n) is 2.35. The summed E-state index contributed by atoms with van der Waals surface area (Å²) in [4.78, 5) is 16.2. The van der Waals surface area contributed by atoms with Crippen molar-refractivity contribution < 1.29 is 14.3 Å². The van der Waals surface area contributed by atoms with Gasteiger partial charge in [0.15, 0.2) is 0 Å². The van der Waals surface area contributed by atoms with Crippen LogP contribution >= 0.6 is 23.2 Å². The molecule has 132 valence electrons. The van der Waals surface area contributed by atoms with Crippen molar-refractivity contribution in [2.75, 3.05) is 13.2 Å². The van der Waals surface area contributed by atoms with Gasteiger partial charge in [0.1, 0.15) is 19.0 Å². The van der Waals surface area contributed by atoms with Gasteiger partial charge in [-0.15, -0.1) is 0 Å². The van der Waals surface area contributed by atoms with E-state index in [1.165, 1.54) is 6.08 Å². The number of carbonyl (C=O) groups excluding carboxylic acids is 1. The van der Waals surface area contributed by atoms with Crippen LogP contribution in [0.2, 0.25) is 10.0 Å². The quantitative estimate of drug-likeness (QED) is 0.332. The Hall–Kier alpha value is -2.56. The number of benzene rings is 2. The number of pyridine rings is 1. The number of esters is 1. The van der Waals surface area contributed by atoms with E-state index < -0.39 is 5.97 Å². The largest absolute Gasteiger partial charge is 0.488 e. The summed E-state index contributed by atoms with van der Waals surface area (Å²) in [5.41, 5.74) is 1.68. The minimum Gasteiger partial charge on any atom is -0.488 e. The molecule has 0 bridgehead atoms. The topological polar surface area (TPSA) is 48.4 Å². The van der Waals surface area contributed by atoms with Gasteiger partial charge in [-0.1, -0.05) is 47.5 Å². The molecule has 3 aromatic rings. The van der Waals surface area contributed by atoms with Gasteiger partial charge in [-0.05, 0) is 30.3 Å². The molecule has 0 aliphatic rings. The Morgan fingerprint density at radius 1 is 1.08 bits per heavy atom. The molecule has 4 nitrogen and oxygen atoms in total. The third-order valence-corrected chi connectivity index (χ3v) is 4.07. The Labute approximate surface area is 161 Å². The second-order valence-corrected chi connectivity index (χ2v) is 6.19. The van der Waals surface area contributed by atoms with E-state index in [9.17, 15) is 4.79 Å². The van der Waals surface area contributed by atoms with Crippen LogP contribution in [0, 0.1) is 0 Å². The van der Waals surface area contributed by atoms with Crippen molar-refractivity contribution in [3.05, 3.63) is 76.4 Å². The number of ether oxygens (including phenoxy) is 2. The molecule has 3 rings (SSSR count). The third-order valence-electron chi connectivity index (χ3n) is 3.54. The zero-order valence-corrected chi connectivity index (χ0v) is 15.2. The molecular formula is C20H15Cl2NO3. The molecule has 0 aliphatic carbocycles. The first-order valence-electron chi connectivity index (χ1n) is 7.90. The van der Waals surface area contributed by atoms with Crippen LogP contribution in [-0.2, 0) is 9.53 Å². The Morgan fingerprint density at radius 2 is 1.92 bits per heavy atom. The summed E-state index contributed by atoms with van der Waals surface area (Å²) in [5, 5.41) is 1.95. The zero-order valence-electron chi connectivity index (χ0n) is 13.7. The summed E-state index contributed by atoms with van der Waals surface area (Å²) in [6, 6.07) is 14.6. The van der Waals surface area contributed by atoms with Crippen LogP contribution < -0.4 is 4.74 Å². The number of hydrogen-bond acceptors (Lipinski definition) is 4. The number of carbonyl (C=O) groups is 1. The molecule has 0 N–H and O–H groups in total. The highest BCUT2D eigenvalue weighted by Gasteiger charge is 2.04. The van der Waals surface area contributed by atoms with Crippen LogP contribution in [0.4, 0.5) is 0 Å². The first-order valence-corrected chi connectivity index (χ1v) is 8.65. The zero-order chi connectivity index (χ0) is 18.4. The van der Waals surface area contributed by atoms with Crippen molar-refractivity contribution in [2.24, 2.45) is 0 Å². The van der Waals surface area contributed by atoms with Crippen molar-refractivity contribution in [1.82, 2.24) is 4.98 Å². The summed E-state index contributed by atoms with van der Waals surface area (Å²) < 4.78 is 10.6. The minimum atomic E-state index is -0.455. The normalized spacial score (nSPS) is 11.0. The van der Waals surface area contributed by atoms with E-state index in [1.807, 2.05) is 30.3 Å². The summed E-state index contributed by atoms with van der Waals surface area (Å²) in [7, 11) is 0. The third kappa shape index (κ3) is 4.75. The van der Waals surface area contributed by atoms with Gasteiger partial charge in [0.25, 0.3) is 0 Å².